The van der Waals surface area contributed by atoms with E-state index in [4.69, 9.17) is 5.73 Å². The molecule has 0 spiro atoms. The van der Waals surface area contributed by atoms with Crippen molar-refractivity contribution < 1.29 is 9.59 Å². The highest BCUT2D eigenvalue weighted by atomic mass is 32.2. The number of amides is 2. The first kappa shape index (κ1) is 12.3. The van der Waals surface area contributed by atoms with Crippen molar-refractivity contribution >= 4 is 29.8 Å². The summed E-state index contributed by atoms with van der Waals surface area (Å²) in [5, 5.41) is 3.59. The number of hydrogen-bond acceptors (Lipinski definition) is 4. The standard InChI is InChI=1S/C10H11N3O2S/c1-16-8-4-2-7(3-5-8)6-12-13-10(15)9(11)14/h2-6H,1H3,(H2,11,14)(H,13,15)/b12-6+. The van der Waals surface area contributed by atoms with Crippen molar-refractivity contribution in [3.8, 4) is 0 Å². The van der Waals surface area contributed by atoms with E-state index in [-0.39, 0.29) is 0 Å². The molecular formula is C10H11N3O2S. The van der Waals surface area contributed by atoms with Crippen LogP contribution in [0.2, 0.25) is 0 Å². The molecule has 0 aliphatic heterocycles. The van der Waals surface area contributed by atoms with Crippen LogP contribution in [0, 0.1) is 0 Å². The molecule has 16 heavy (non-hydrogen) atoms. The Morgan fingerprint density at radius 1 is 1.38 bits per heavy atom. The topological polar surface area (TPSA) is 84.6 Å². The molecule has 1 rings (SSSR count). The largest absolute Gasteiger partial charge is 0.361 e. The van der Waals surface area contributed by atoms with Gasteiger partial charge in [0.25, 0.3) is 0 Å². The van der Waals surface area contributed by atoms with Gasteiger partial charge in [-0.1, -0.05) is 12.1 Å². The van der Waals surface area contributed by atoms with Crippen molar-refractivity contribution in [2.45, 2.75) is 4.90 Å². The van der Waals surface area contributed by atoms with E-state index in [1.165, 1.54) is 6.21 Å². The Labute approximate surface area is 97.1 Å². The Bertz CT molecular complexity index is 415. The molecule has 3 N–H and O–H groups in total. The predicted molar refractivity (Wildman–Crippen MR) is 63.2 cm³/mol. The minimum absolute atomic E-state index is 0.822. The Hall–Kier alpha value is -1.82. The molecule has 0 radical (unpaired) electrons. The summed E-state index contributed by atoms with van der Waals surface area (Å²) < 4.78 is 0. The van der Waals surface area contributed by atoms with Gasteiger partial charge < -0.3 is 5.73 Å². The van der Waals surface area contributed by atoms with Crippen LogP contribution >= 0.6 is 11.8 Å². The first-order chi connectivity index (χ1) is 7.63. The zero-order valence-electron chi connectivity index (χ0n) is 8.64. The van der Waals surface area contributed by atoms with Crippen LogP contribution in [0.25, 0.3) is 0 Å². The van der Waals surface area contributed by atoms with Crippen LogP contribution in [-0.2, 0) is 9.59 Å². The number of nitrogens with zero attached hydrogens (tertiary/aromatic N) is 1. The maximum Gasteiger partial charge on any atom is 0.329 e. The van der Waals surface area contributed by atoms with Gasteiger partial charge in [-0.15, -0.1) is 11.8 Å². The van der Waals surface area contributed by atoms with Crippen LogP contribution < -0.4 is 11.2 Å². The highest BCUT2D eigenvalue weighted by molar-refractivity contribution is 7.98. The van der Waals surface area contributed by atoms with Crippen molar-refractivity contribution in [1.82, 2.24) is 5.43 Å². The Kier molecular flexibility index (Phi) is 4.53. The molecule has 84 valence electrons. The van der Waals surface area contributed by atoms with Crippen LogP contribution in [0.5, 0.6) is 0 Å². The molecule has 0 fully saturated rings. The number of rotatable bonds is 3. The lowest BCUT2D eigenvalue weighted by molar-refractivity contribution is -0.137. The van der Waals surface area contributed by atoms with Crippen molar-refractivity contribution in [3.63, 3.8) is 0 Å². The molecule has 0 bridgehead atoms. The van der Waals surface area contributed by atoms with E-state index in [1.54, 1.807) is 11.8 Å². The molecule has 0 saturated carbocycles. The van der Waals surface area contributed by atoms with E-state index in [2.05, 4.69) is 5.10 Å². The summed E-state index contributed by atoms with van der Waals surface area (Å²) in [6.07, 6.45) is 3.42. The van der Waals surface area contributed by atoms with Crippen molar-refractivity contribution in [2.24, 2.45) is 10.8 Å². The summed E-state index contributed by atoms with van der Waals surface area (Å²) in [7, 11) is 0. The molecular weight excluding hydrogens is 226 g/mol. The van der Waals surface area contributed by atoms with Gasteiger partial charge in [0.15, 0.2) is 0 Å². The number of nitrogens with one attached hydrogen (secondary N) is 1. The number of primary amides is 1. The predicted octanol–water partition coefficient (Wildman–Crippen LogP) is 0.344. The smallest absolute Gasteiger partial charge is 0.329 e. The second-order valence-electron chi connectivity index (χ2n) is 2.84. The van der Waals surface area contributed by atoms with Gasteiger partial charge in [-0.2, -0.15) is 5.10 Å². The number of carbonyl (C=O) groups excluding carboxylic acids is 2. The summed E-state index contributed by atoms with van der Waals surface area (Å²) >= 11 is 1.63. The van der Waals surface area contributed by atoms with Gasteiger partial charge in [0.2, 0.25) is 0 Å². The van der Waals surface area contributed by atoms with Crippen LogP contribution in [0.3, 0.4) is 0 Å². The highest BCUT2D eigenvalue weighted by Crippen LogP contribution is 2.13. The molecule has 0 aliphatic rings. The van der Waals surface area contributed by atoms with Gasteiger partial charge in [-0.3, -0.25) is 9.59 Å². The monoisotopic (exact) mass is 237 g/mol. The second kappa shape index (κ2) is 5.92. The van der Waals surface area contributed by atoms with Gasteiger partial charge in [0.05, 0.1) is 6.21 Å². The maximum absolute atomic E-state index is 10.7. The van der Waals surface area contributed by atoms with Crippen LogP contribution in [0.1, 0.15) is 5.56 Å². The highest BCUT2D eigenvalue weighted by Gasteiger charge is 2.04. The molecule has 1 aromatic rings. The van der Waals surface area contributed by atoms with Crippen molar-refractivity contribution in [1.29, 1.82) is 0 Å². The van der Waals surface area contributed by atoms with Gasteiger partial charge in [-0.05, 0) is 24.0 Å². The third-order valence-electron chi connectivity index (χ3n) is 1.72. The number of hydrazone groups is 1. The lowest BCUT2D eigenvalue weighted by Crippen LogP contribution is -2.32. The number of carbonyl (C=O) groups is 2. The summed E-state index contributed by atoms with van der Waals surface area (Å²) in [6.45, 7) is 0. The van der Waals surface area contributed by atoms with Crippen LogP contribution in [-0.4, -0.2) is 24.3 Å². The average molecular weight is 237 g/mol. The summed E-state index contributed by atoms with van der Waals surface area (Å²) in [4.78, 5) is 22.2. The zero-order valence-corrected chi connectivity index (χ0v) is 9.45. The summed E-state index contributed by atoms with van der Waals surface area (Å²) in [5.74, 6) is -1.99. The summed E-state index contributed by atoms with van der Waals surface area (Å²) in [5.41, 5.74) is 7.56. The molecule has 0 saturated heterocycles. The third-order valence-corrected chi connectivity index (χ3v) is 2.46. The normalized spacial score (nSPS) is 10.3. The minimum Gasteiger partial charge on any atom is -0.361 e. The molecule has 0 aromatic heterocycles. The first-order valence-electron chi connectivity index (χ1n) is 4.40. The van der Waals surface area contributed by atoms with E-state index in [0.29, 0.717) is 0 Å². The molecule has 6 heteroatoms. The fraction of sp³-hybridized carbons (Fsp3) is 0.100. The number of hydrogen-bond donors (Lipinski definition) is 2. The Morgan fingerprint density at radius 2 is 2.00 bits per heavy atom. The zero-order chi connectivity index (χ0) is 12.0. The van der Waals surface area contributed by atoms with Gasteiger partial charge >= 0.3 is 11.8 Å². The molecule has 0 unspecified atom stereocenters. The molecule has 5 nitrogen and oxygen atoms in total. The van der Waals surface area contributed by atoms with Crippen LogP contribution in [0.15, 0.2) is 34.3 Å². The quantitative estimate of drug-likeness (QED) is 0.344. The van der Waals surface area contributed by atoms with Gasteiger partial charge in [0.1, 0.15) is 0 Å². The number of thioether (sulfide) groups is 1. The number of benzene rings is 1. The fourth-order valence-corrected chi connectivity index (χ4v) is 1.32. The van der Waals surface area contributed by atoms with Crippen molar-refractivity contribution in [3.05, 3.63) is 29.8 Å². The lowest BCUT2D eigenvalue weighted by Gasteiger charge is -1.97. The van der Waals surface area contributed by atoms with E-state index >= 15 is 0 Å². The van der Waals surface area contributed by atoms with Crippen LogP contribution in [0.4, 0.5) is 0 Å². The molecule has 0 heterocycles. The van der Waals surface area contributed by atoms with Gasteiger partial charge in [-0.25, -0.2) is 5.43 Å². The fourth-order valence-electron chi connectivity index (χ4n) is 0.911. The SMILES string of the molecule is CSc1ccc(/C=N/NC(=O)C(N)=O)cc1. The van der Waals surface area contributed by atoms with Crippen molar-refractivity contribution in [2.75, 3.05) is 6.26 Å². The molecule has 0 atom stereocenters. The minimum atomic E-state index is -1.06. The lowest BCUT2D eigenvalue weighted by atomic mass is 10.2. The molecule has 1 aromatic carbocycles. The van der Waals surface area contributed by atoms with E-state index < -0.39 is 11.8 Å². The van der Waals surface area contributed by atoms with E-state index in [0.717, 1.165) is 10.5 Å². The number of nitrogens with two attached hydrogens (primary N) is 1. The third kappa shape index (κ3) is 3.74. The molecule has 2 amide bonds. The average Bonchev–Trinajstić information content (AvgIpc) is 2.29. The van der Waals surface area contributed by atoms with E-state index in [9.17, 15) is 9.59 Å². The molecule has 0 aliphatic carbocycles. The van der Waals surface area contributed by atoms with Gasteiger partial charge in [0, 0.05) is 4.90 Å². The maximum atomic E-state index is 10.7. The summed E-state index contributed by atoms with van der Waals surface area (Å²) in [6, 6.07) is 7.57. The first-order valence-corrected chi connectivity index (χ1v) is 5.63. The Morgan fingerprint density at radius 3 is 2.50 bits per heavy atom. The van der Waals surface area contributed by atoms with E-state index in [1.807, 2.05) is 35.9 Å². The second-order valence-corrected chi connectivity index (χ2v) is 3.72. The Balaban J connectivity index is 2.56.